The highest BCUT2D eigenvalue weighted by molar-refractivity contribution is 14.1. The second-order valence-electron chi connectivity index (χ2n) is 13.8. The summed E-state index contributed by atoms with van der Waals surface area (Å²) in [6.07, 6.45) is 4.13. The highest BCUT2D eigenvalue weighted by Gasteiger charge is 2.79. The van der Waals surface area contributed by atoms with Crippen molar-refractivity contribution < 1.29 is 43.5 Å². The molecule has 0 aromatic heterocycles. The van der Waals surface area contributed by atoms with Crippen molar-refractivity contribution in [1.29, 1.82) is 0 Å². The van der Waals surface area contributed by atoms with E-state index >= 15 is 0 Å². The van der Waals surface area contributed by atoms with Crippen LogP contribution in [0.5, 0.6) is 11.5 Å². The molecule has 2 N–H and O–H groups in total. The van der Waals surface area contributed by atoms with Gasteiger partial charge in [-0.15, -0.1) is 0 Å². The minimum Gasteiger partial charge on any atom is -0.504 e. The molecule has 2 aliphatic heterocycles. The Balaban J connectivity index is 1.26. The van der Waals surface area contributed by atoms with Crippen LogP contribution < -0.4 is 4.74 Å². The molecule has 0 unspecified atom stereocenters. The average molecular weight is 755 g/mol. The molecule has 0 radical (unpaired) electrons. The first-order valence-electron chi connectivity index (χ1n) is 15.9. The van der Waals surface area contributed by atoms with Crippen LogP contribution in [0, 0.1) is 21.3 Å². The van der Waals surface area contributed by atoms with Crippen molar-refractivity contribution in [3.63, 3.8) is 0 Å². The lowest BCUT2D eigenvalue weighted by molar-refractivity contribution is -0.421. The zero-order valence-electron chi connectivity index (χ0n) is 26.9. The van der Waals surface area contributed by atoms with Gasteiger partial charge in [-0.2, -0.15) is 0 Å². The second kappa shape index (κ2) is 11.3. The zero-order chi connectivity index (χ0) is 33.5. The van der Waals surface area contributed by atoms with Crippen molar-refractivity contribution in [2.45, 2.75) is 75.3 Å². The third kappa shape index (κ3) is 4.85. The Morgan fingerprint density at radius 3 is 2.60 bits per heavy atom. The monoisotopic (exact) mass is 754 g/mol. The molecule has 5 aliphatic rings. The van der Waals surface area contributed by atoms with Crippen LogP contribution in [0.15, 0.2) is 77.9 Å². The van der Waals surface area contributed by atoms with Crippen LogP contribution >= 0.6 is 22.6 Å². The number of ketones is 1. The van der Waals surface area contributed by atoms with Crippen LogP contribution in [0.4, 0.5) is 0 Å². The molecular formula is C37H39IO9. The molecule has 2 aromatic rings. The fraction of sp³-hybridized carbons (Fsp3) is 0.459. The number of Topliss-reactive ketones (excluding diaryl/α,β-unsaturated/α-hetero) is 1. The van der Waals surface area contributed by atoms with Gasteiger partial charge in [-0.25, -0.2) is 0 Å². The average Bonchev–Trinajstić information content (AvgIpc) is 3.33. The fourth-order valence-electron chi connectivity index (χ4n) is 8.76. The van der Waals surface area contributed by atoms with Crippen molar-refractivity contribution in [3.8, 4) is 11.5 Å². The van der Waals surface area contributed by atoms with Crippen molar-refractivity contribution >= 4 is 34.3 Å². The number of aliphatic hydroxyl groups is 1. The smallest absolute Gasteiger partial charge is 0.310 e. The lowest BCUT2D eigenvalue weighted by Crippen LogP contribution is -2.70. The minimum absolute atomic E-state index is 0.00680. The SMILES string of the molecule is C=C(C)[C@]12C[C@@H](C)[C@@]34O[C@@](Cc5ccccc5)(O[C@@H]1[C@@H]3C=C(COC(=O)Cc1cc(I)c(O)c(OC)c1)C[C@]1(O)C(=O)C(C)=C[C@@H]41)O2. The molecule has 8 atom stereocenters. The Bertz CT molecular complexity index is 1730. The first-order chi connectivity index (χ1) is 22.3. The summed E-state index contributed by atoms with van der Waals surface area (Å²) in [6.45, 7) is 9.99. The number of phenolic OH excluding ortho intramolecular Hbond substituents is 1. The lowest BCUT2D eigenvalue weighted by atomic mass is 9.55. The Hall–Kier alpha value is -3.03. The number of phenols is 1. The molecule has 47 heavy (non-hydrogen) atoms. The molecule has 0 spiro atoms. The molecule has 3 aliphatic carbocycles. The first-order valence-corrected chi connectivity index (χ1v) is 17.0. The van der Waals surface area contributed by atoms with Crippen LogP contribution in [0.25, 0.3) is 0 Å². The van der Waals surface area contributed by atoms with Crippen LogP contribution in [0.2, 0.25) is 0 Å². The minimum atomic E-state index is -1.81. The standard InChI is InChI=1S/C37H39IO9/c1-20(2)35-16-22(4)37-26(33(35)45-36(46-35,47-37)18-23-9-7-6-8-10-23)12-25(17-34(42)29(37)11-21(3)32(34)41)19-44-30(39)15-24-13-27(38)31(40)28(14-24)43-5/h6-14,22,26,29,33,40,42H,1,15-19H2,2-5H3/t22-,26+,29-,33-,34-,35-,36+,37-/m1/s1. The van der Waals surface area contributed by atoms with Gasteiger partial charge in [-0.05, 0) is 88.8 Å². The van der Waals surface area contributed by atoms with E-state index in [1.54, 1.807) is 19.1 Å². The number of hydrogen-bond donors (Lipinski definition) is 2. The van der Waals surface area contributed by atoms with Gasteiger partial charge in [-0.3, -0.25) is 9.59 Å². The number of ether oxygens (including phenoxy) is 5. The molecule has 0 amide bonds. The fourth-order valence-corrected chi connectivity index (χ4v) is 9.43. The molecule has 1 saturated carbocycles. The summed E-state index contributed by atoms with van der Waals surface area (Å²) in [5.41, 5.74) is -0.244. The molecule has 10 heteroatoms. The van der Waals surface area contributed by atoms with E-state index in [4.69, 9.17) is 23.7 Å². The van der Waals surface area contributed by atoms with Crippen molar-refractivity contribution in [3.05, 3.63) is 92.6 Å². The number of rotatable bonds is 8. The summed E-state index contributed by atoms with van der Waals surface area (Å²) in [5.74, 6) is -3.34. The first kappa shape index (κ1) is 32.5. The van der Waals surface area contributed by atoms with Gasteiger partial charge in [0.1, 0.15) is 23.9 Å². The van der Waals surface area contributed by atoms with E-state index in [0.717, 1.165) is 11.1 Å². The lowest BCUT2D eigenvalue weighted by Gasteiger charge is -2.59. The number of esters is 1. The topological polar surface area (TPSA) is 121 Å². The van der Waals surface area contributed by atoms with Gasteiger partial charge in [0.25, 0.3) is 5.97 Å². The van der Waals surface area contributed by atoms with Gasteiger partial charge in [0.05, 0.1) is 29.1 Å². The number of methoxy groups -OCH3 is 1. The summed E-state index contributed by atoms with van der Waals surface area (Å²) >= 11 is 1.98. The number of hydrogen-bond acceptors (Lipinski definition) is 9. The highest BCUT2D eigenvalue weighted by Crippen LogP contribution is 2.68. The molecule has 2 heterocycles. The van der Waals surface area contributed by atoms with E-state index in [1.807, 2.05) is 72.0 Å². The van der Waals surface area contributed by atoms with E-state index < -0.39 is 46.7 Å². The third-order valence-corrected chi connectivity index (χ3v) is 11.6. The maximum Gasteiger partial charge on any atom is 0.310 e. The molecular weight excluding hydrogens is 715 g/mol. The molecule has 248 valence electrons. The van der Waals surface area contributed by atoms with Gasteiger partial charge >= 0.3 is 5.97 Å². The molecule has 7 rings (SSSR count). The van der Waals surface area contributed by atoms with Crippen LogP contribution in [-0.4, -0.2) is 64.6 Å². The number of halogens is 1. The normalized spacial score (nSPS) is 36.6. The van der Waals surface area contributed by atoms with Gasteiger partial charge in [0.2, 0.25) is 0 Å². The second-order valence-corrected chi connectivity index (χ2v) is 15.0. The van der Waals surface area contributed by atoms with E-state index in [0.29, 0.717) is 33.1 Å². The Kier molecular flexibility index (Phi) is 7.79. The molecule has 9 nitrogen and oxygen atoms in total. The quantitative estimate of drug-likeness (QED) is 0.209. The van der Waals surface area contributed by atoms with E-state index in [1.165, 1.54) is 7.11 Å². The van der Waals surface area contributed by atoms with Crippen LogP contribution in [0.3, 0.4) is 0 Å². The summed E-state index contributed by atoms with van der Waals surface area (Å²) in [7, 11) is 1.45. The molecule has 2 aromatic carbocycles. The number of fused-ring (bicyclic) bond motifs is 2. The molecule has 2 saturated heterocycles. The van der Waals surface area contributed by atoms with E-state index in [2.05, 4.69) is 13.5 Å². The van der Waals surface area contributed by atoms with Crippen LogP contribution in [-0.2, 0) is 41.4 Å². The summed E-state index contributed by atoms with van der Waals surface area (Å²) in [5, 5.41) is 22.6. The van der Waals surface area contributed by atoms with Crippen molar-refractivity contribution in [2.24, 2.45) is 17.8 Å². The Labute approximate surface area is 287 Å². The van der Waals surface area contributed by atoms with Crippen LogP contribution in [0.1, 0.15) is 44.7 Å². The van der Waals surface area contributed by atoms with E-state index in [-0.39, 0.29) is 42.6 Å². The largest absolute Gasteiger partial charge is 0.504 e. The van der Waals surface area contributed by atoms with Gasteiger partial charge < -0.3 is 33.9 Å². The number of aromatic hydroxyl groups is 1. The molecule has 3 bridgehead atoms. The van der Waals surface area contributed by atoms with Crippen molar-refractivity contribution in [2.75, 3.05) is 13.7 Å². The van der Waals surface area contributed by atoms with Gasteiger partial charge in [0.15, 0.2) is 17.3 Å². The Morgan fingerprint density at radius 2 is 1.89 bits per heavy atom. The highest BCUT2D eigenvalue weighted by atomic mass is 127. The summed E-state index contributed by atoms with van der Waals surface area (Å²) in [4.78, 5) is 26.9. The number of benzene rings is 2. The summed E-state index contributed by atoms with van der Waals surface area (Å²) < 4.78 is 32.5. The maximum atomic E-state index is 13.8. The van der Waals surface area contributed by atoms with Crippen molar-refractivity contribution in [1.82, 2.24) is 0 Å². The number of carbonyl (C=O) groups is 2. The maximum absolute atomic E-state index is 13.8. The van der Waals surface area contributed by atoms with Gasteiger partial charge in [0, 0.05) is 18.3 Å². The predicted octanol–water partition coefficient (Wildman–Crippen LogP) is 5.35. The third-order valence-electron chi connectivity index (χ3n) is 10.8. The molecule has 3 fully saturated rings. The van der Waals surface area contributed by atoms with E-state index in [9.17, 15) is 19.8 Å². The predicted molar refractivity (Wildman–Crippen MR) is 179 cm³/mol. The summed E-state index contributed by atoms with van der Waals surface area (Å²) in [6, 6.07) is 13.1. The Morgan fingerprint density at radius 1 is 1.15 bits per heavy atom. The zero-order valence-corrected chi connectivity index (χ0v) is 29.0. The number of carbonyl (C=O) groups excluding carboxylic acids is 2. The van der Waals surface area contributed by atoms with Gasteiger partial charge in [-0.1, -0.05) is 56.0 Å².